The fourth-order valence-electron chi connectivity index (χ4n) is 3.29. The van der Waals surface area contributed by atoms with Crippen LogP contribution in [0.25, 0.3) is 0 Å². The van der Waals surface area contributed by atoms with E-state index >= 15 is 0 Å². The number of phenols is 1. The molecule has 3 heterocycles. The second-order valence-corrected chi connectivity index (χ2v) is 6.61. The van der Waals surface area contributed by atoms with E-state index in [9.17, 15) is 5.11 Å². The molecule has 2 saturated heterocycles. The second kappa shape index (κ2) is 7.55. The minimum absolute atomic E-state index is 0.210. The van der Waals surface area contributed by atoms with Crippen LogP contribution in [0.5, 0.6) is 5.75 Å². The largest absolute Gasteiger partial charge is 0.508 e. The molecule has 0 bridgehead atoms. The Hall–Kier alpha value is -2.90. The van der Waals surface area contributed by atoms with Crippen molar-refractivity contribution in [3.8, 4) is 5.75 Å². The van der Waals surface area contributed by atoms with Gasteiger partial charge in [0.1, 0.15) is 5.75 Å². The van der Waals surface area contributed by atoms with Gasteiger partial charge in [-0.05, 0) is 43.4 Å². The summed E-state index contributed by atoms with van der Waals surface area (Å²) in [4.78, 5) is 18.2. The summed E-state index contributed by atoms with van der Waals surface area (Å²) in [5.41, 5.74) is 3.71. The van der Waals surface area contributed by atoms with E-state index in [2.05, 4.69) is 35.3 Å². The standard InChI is InChI=1S/C18H23N7O/c26-15-7-5-6-14(12-15)13-19-23-16-20-17(24-8-1-2-9-24)22-18(21-16)25-10-3-4-11-25/h5-7,12-13,26H,1-4,8-11H2,(H,20,21,22,23)/b19-13+. The maximum absolute atomic E-state index is 9.52. The third kappa shape index (κ3) is 3.84. The number of aromatic hydroxyl groups is 1. The molecule has 0 saturated carbocycles. The summed E-state index contributed by atoms with van der Waals surface area (Å²) in [5, 5.41) is 13.7. The summed E-state index contributed by atoms with van der Waals surface area (Å²) >= 11 is 0. The molecule has 0 atom stereocenters. The fourth-order valence-corrected chi connectivity index (χ4v) is 3.29. The van der Waals surface area contributed by atoms with Crippen LogP contribution in [0.15, 0.2) is 29.4 Å². The number of hydrazone groups is 1. The van der Waals surface area contributed by atoms with Gasteiger partial charge in [0.2, 0.25) is 17.8 Å². The number of rotatable bonds is 5. The summed E-state index contributed by atoms with van der Waals surface area (Å²) in [7, 11) is 0. The van der Waals surface area contributed by atoms with E-state index in [1.54, 1.807) is 24.4 Å². The molecule has 0 amide bonds. The predicted molar refractivity (Wildman–Crippen MR) is 102 cm³/mol. The molecular formula is C18H23N7O. The summed E-state index contributed by atoms with van der Waals surface area (Å²) in [6.07, 6.45) is 6.31. The lowest BCUT2D eigenvalue weighted by Crippen LogP contribution is -2.25. The number of anilines is 3. The molecule has 8 heteroatoms. The van der Waals surface area contributed by atoms with E-state index in [1.165, 1.54) is 25.7 Å². The smallest absolute Gasteiger partial charge is 0.250 e. The Balaban J connectivity index is 1.55. The van der Waals surface area contributed by atoms with E-state index in [4.69, 9.17) is 0 Å². The first-order valence-corrected chi connectivity index (χ1v) is 9.12. The van der Waals surface area contributed by atoms with Crippen LogP contribution in [0.1, 0.15) is 31.2 Å². The SMILES string of the molecule is Oc1cccc(/C=N/Nc2nc(N3CCCC3)nc(N3CCCC3)n2)c1. The highest BCUT2D eigenvalue weighted by atomic mass is 16.3. The van der Waals surface area contributed by atoms with Gasteiger partial charge in [0.15, 0.2) is 0 Å². The summed E-state index contributed by atoms with van der Waals surface area (Å²) in [6, 6.07) is 6.91. The van der Waals surface area contributed by atoms with Crippen molar-refractivity contribution in [2.24, 2.45) is 5.10 Å². The summed E-state index contributed by atoms with van der Waals surface area (Å²) in [6.45, 7) is 3.93. The van der Waals surface area contributed by atoms with Crippen LogP contribution in [0.4, 0.5) is 17.8 Å². The van der Waals surface area contributed by atoms with Gasteiger partial charge in [-0.15, -0.1) is 0 Å². The first kappa shape index (κ1) is 16.6. The molecule has 2 aliphatic heterocycles. The number of benzene rings is 1. The number of hydrogen-bond acceptors (Lipinski definition) is 8. The molecule has 0 aliphatic carbocycles. The predicted octanol–water partition coefficient (Wildman–Crippen LogP) is 2.22. The van der Waals surface area contributed by atoms with Gasteiger partial charge in [-0.1, -0.05) is 12.1 Å². The molecule has 2 N–H and O–H groups in total. The first-order chi connectivity index (χ1) is 12.8. The number of nitrogens with zero attached hydrogens (tertiary/aromatic N) is 6. The van der Waals surface area contributed by atoms with Gasteiger partial charge in [0, 0.05) is 26.2 Å². The van der Waals surface area contributed by atoms with Crippen molar-refractivity contribution in [3.05, 3.63) is 29.8 Å². The van der Waals surface area contributed by atoms with Gasteiger partial charge in [-0.3, -0.25) is 0 Å². The molecule has 2 aliphatic rings. The number of aromatic nitrogens is 3. The molecule has 8 nitrogen and oxygen atoms in total. The lowest BCUT2D eigenvalue weighted by atomic mass is 10.2. The van der Waals surface area contributed by atoms with Gasteiger partial charge in [0.05, 0.1) is 6.21 Å². The highest BCUT2D eigenvalue weighted by Crippen LogP contribution is 2.22. The van der Waals surface area contributed by atoms with Crippen LogP contribution in [0.3, 0.4) is 0 Å². The molecule has 26 heavy (non-hydrogen) atoms. The van der Waals surface area contributed by atoms with Crippen molar-refractivity contribution in [3.63, 3.8) is 0 Å². The maximum Gasteiger partial charge on any atom is 0.250 e. The van der Waals surface area contributed by atoms with E-state index in [1.807, 2.05) is 6.07 Å². The van der Waals surface area contributed by atoms with Gasteiger partial charge in [-0.25, -0.2) is 5.43 Å². The van der Waals surface area contributed by atoms with E-state index in [0.29, 0.717) is 5.95 Å². The zero-order valence-corrected chi connectivity index (χ0v) is 14.7. The van der Waals surface area contributed by atoms with Crippen molar-refractivity contribution < 1.29 is 5.11 Å². The Morgan fingerprint density at radius 2 is 1.54 bits per heavy atom. The second-order valence-electron chi connectivity index (χ2n) is 6.61. The van der Waals surface area contributed by atoms with Crippen LogP contribution >= 0.6 is 0 Å². The van der Waals surface area contributed by atoms with Gasteiger partial charge in [0.25, 0.3) is 0 Å². The molecule has 1 aromatic heterocycles. The number of phenolic OH excluding ortho intramolecular Hbond substituents is 1. The minimum atomic E-state index is 0.210. The van der Waals surface area contributed by atoms with E-state index in [0.717, 1.165) is 43.6 Å². The van der Waals surface area contributed by atoms with Gasteiger partial charge >= 0.3 is 0 Å². The molecule has 4 rings (SSSR count). The number of hydrogen-bond donors (Lipinski definition) is 2. The third-order valence-electron chi connectivity index (χ3n) is 4.64. The summed E-state index contributed by atoms with van der Waals surface area (Å²) in [5.74, 6) is 2.09. The Morgan fingerprint density at radius 3 is 2.12 bits per heavy atom. The van der Waals surface area contributed by atoms with Crippen LogP contribution in [0.2, 0.25) is 0 Å². The lowest BCUT2D eigenvalue weighted by Gasteiger charge is -2.20. The Kier molecular flexibility index (Phi) is 4.81. The quantitative estimate of drug-likeness (QED) is 0.629. The summed E-state index contributed by atoms with van der Waals surface area (Å²) < 4.78 is 0. The fraction of sp³-hybridized carbons (Fsp3) is 0.444. The van der Waals surface area contributed by atoms with Crippen LogP contribution in [0, 0.1) is 0 Å². The van der Waals surface area contributed by atoms with E-state index < -0.39 is 0 Å². The molecular weight excluding hydrogens is 330 g/mol. The monoisotopic (exact) mass is 353 g/mol. The van der Waals surface area contributed by atoms with Crippen LogP contribution < -0.4 is 15.2 Å². The lowest BCUT2D eigenvalue weighted by molar-refractivity contribution is 0.475. The van der Waals surface area contributed by atoms with Crippen molar-refractivity contribution in [2.75, 3.05) is 41.4 Å². The Labute approximate surface area is 152 Å². The molecule has 136 valence electrons. The highest BCUT2D eigenvalue weighted by molar-refractivity contribution is 5.80. The van der Waals surface area contributed by atoms with Crippen LogP contribution in [-0.2, 0) is 0 Å². The van der Waals surface area contributed by atoms with Crippen molar-refractivity contribution in [1.82, 2.24) is 15.0 Å². The Bertz CT molecular complexity index is 749. The first-order valence-electron chi connectivity index (χ1n) is 9.12. The zero-order valence-electron chi connectivity index (χ0n) is 14.7. The van der Waals surface area contributed by atoms with Crippen molar-refractivity contribution in [2.45, 2.75) is 25.7 Å². The molecule has 0 spiro atoms. The van der Waals surface area contributed by atoms with Gasteiger partial charge in [-0.2, -0.15) is 20.1 Å². The van der Waals surface area contributed by atoms with Crippen LogP contribution in [-0.4, -0.2) is 52.5 Å². The minimum Gasteiger partial charge on any atom is -0.508 e. The Morgan fingerprint density at radius 1 is 0.923 bits per heavy atom. The zero-order chi connectivity index (χ0) is 17.8. The highest BCUT2D eigenvalue weighted by Gasteiger charge is 2.21. The van der Waals surface area contributed by atoms with E-state index in [-0.39, 0.29) is 5.75 Å². The molecule has 2 aromatic rings. The third-order valence-corrected chi connectivity index (χ3v) is 4.64. The van der Waals surface area contributed by atoms with Crippen molar-refractivity contribution in [1.29, 1.82) is 0 Å². The number of nitrogens with one attached hydrogen (secondary N) is 1. The maximum atomic E-state index is 9.52. The van der Waals surface area contributed by atoms with Gasteiger partial charge < -0.3 is 14.9 Å². The molecule has 2 fully saturated rings. The van der Waals surface area contributed by atoms with Crippen molar-refractivity contribution >= 4 is 24.1 Å². The molecule has 0 radical (unpaired) electrons. The molecule has 1 aromatic carbocycles. The molecule has 0 unspecified atom stereocenters. The average Bonchev–Trinajstić information content (AvgIpc) is 3.36. The average molecular weight is 353 g/mol. The normalized spacial score (nSPS) is 17.4. The topological polar surface area (TPSA) is 89.8 Å².